The maximum absolute atomic E-state index is 5.13. The Morgan fingerprint density at radius 3 is 1.40 bits per heavy atom. The van der Waals surface area contributed by atoms with E-state index >= 15 is 0 Å². The second kappa shape index (κ2) is 12.3. The van der Waals surface area contributed by atoms with Crippen LogP contribution in [0.1, 0.15) is 44.1 Å². The quantitative estimate of drug-likeness (QED) is 0.159. The fourth-order valence-electron chi connectivity index (χ4n) is 9.67. The largest absolute Gasteiger partial charge is 0.208 e. The van der Waals surface area contributed by atoms with Gasteiger partial charge in [0.05, 0.1) is 8.07 Å². The zero-order valence-electron chi connectivity index (χ0n) is 29.4. The molecule has 1 heterocycles. The maximum atomic E-state index is 5.13. The van der Waals surface area contributed by atoms with Gasteiger partial charge in [0.15, 0.2) is 17.5 Å². The normalized spacial score (nSPS) is 22.5. The molecule has 4 fully saturated rings. The van der Waals surface area contributed by atoms with Crippen molar-refractivity contribution in [1.82, 2.24) is 15.0 Å². The fourth-order valence-corrected chi connectivity index (χ4v) is 10.8. The number of nitrogens with zero attached hydrogens (tertiary/aromatic N) is 3. The van der Waals surface area contributed by atoms with Crippen molar-refractivity contribution in [3.05, 3.63) is 133 Å². The molecule has 0 N–H and O–H groups in total. The van der Waals surface area contributed by atoms with Crippen LogP contribution in [-0.4, -0.2) is 23.0 Å². The second-order valence-electron chi connectivity index (χ2n) is 16.4. The van der Waals surface area contributed by atoms with Crippen LogP contribution in [0.15, 0.2) is 127 Å². The number of hydrogen-bond donors (Lipinski definition) is 0. The molecule has 4 aliphatic carbocycles. The molecular formula is C46H45N3Si. The van der Waals surface area contributed by atoms with E-state index in [-0.39, 0.29) is 0 Å². The molecule has 0 saturated heterocycles. The Morgan fingerprint density at radius 2 is 0.860 bits per heavy atom. The first-order chi connectivity index (χ1) is 24.3. The number of hydrogen-bond acceptors (Lipinski definition) is 3. The summed E-state index contributed by atoms with van der Waals surface area (Å²) in [6.07, 6.45) is 8.51. The summed E-state index contributed by atoms with van der Waals surface area (Å²) < 4.78 is 0. The highest BCUT2D eigenvalue weighted by molar-refractivity contribution is 6.88. The molecule has 1 aromatic heterocycles. The lowest BCUT2D eigenvalue weighted by atomic mass is 9.48. The van der Waals surface area contributed by atoms with Crippen LogP contribution in [-0.2, 0) is 5.41 Å². The third-order valence-electron chi connectivity index (χ3n) is 11.9. The minimum Gasteiger partial charge on any atom is -0.208 e. The minimum atomic E-state index is -1.34. The Morgan fingerprint density at radius 1 is 0.440 bits per heavy atom. The molecule has 0 radical (unpaired) electrons. The molecule has 0 spiro atoms. The Bertz CT molecular complexity index is 2130. The van der Waals surface area contributed by atoms with Gasteiger partial charge >= 0.3 is 0 Å². The van der Waals surface area contributed by atoms with E-state index in [4.69, 9.17) is 15.0 Å². The summed E-state index contributed by atoms with van der Waals surface area (Å²) >= 11 is 0. The molecule has 0 atom stereocenters. The van der Waals surface area contributed by atoms with Crippen LogP contribution in [0.4, 0.5) is 0 Å². The number of rotatable bonds is 7. The molecule has 6 aromatic rings. The summed E-state index contributed by atoms with van der Waals surface area (Å²) in [4.78, 5) is 15.2. The third-order valence-corrected chi connectivity index (χ3v) is 13.9. The van der Waals surface area contributed by atoms with Gasteiger partial charge in [-0.3, -0.25) is 0 Å². The van der Waals surface area contributed by atoms with Gasteiger partial charge in [-0.15, -0.1) is 0 Å². The molecule has 5 aromatic carbocycles. The van der Waals surface area contributed by atoms with E-state index in [1.165, 1.54) is 66.0 Å². The Labute approximate surface area is 297 Å². The molecule has 0 amide bonds. The van der Waals surface area contributed by atoms with Crippen molar-refractivity contribution in [3.8, 4) is 56.4 Å². The third kappa shape index (κ3) is 5.94. The second-order valence-corrected chi connectivity index (χ2v) is 21.5. The maximum Gasteiger partial charge on any atom is 0.164 e. The first kappa shape index (κ1) is 31.3. The van der Waals surface area contributed by atoms with Gasteiger partial charge in [0.2, 0.25) is 0 Å². The van der Waals surface area contributed by atoms with E-state index in [2.05, 4.69) is 129 Å². The Hall–Kier alpha value is -4.67. The molecule has 0 aliphatic heterocycles. The number of aromatic nitrogens is 3. The highest BCUT2D eigenvalue weighted by Crippen LogP contribution is 2.60. The van der Waals surface area contributed by atoms with Crippen molar-refractivity contribution in [2.45, 2.75) is 63.6 Å². The molecule has 4 aliphatic rings. The zero-order chi connectivity index (χ0) is 33.9. The predicted octanol–water partition coefficient (Wildman–Crippen LogP) is 11.2. The van der Waals surface area contributed by atoms with Crippen LogP contribution in [0.5, 0.6) is 0 Å². The SMILES string of the molecule is C[Si](C)(C)c1ccc(-c2cccc(-c3cccc(-c4nc(-c5ccccc5)nc(-c5ccc(C67CC8CC(CC(C8)C6)C7)cc5)n4)c3)c2)cc1. The Balaban J connectivity index is 1.06. The lowest BCUT2D eigenvalue weighted by molar-refractivity contribution is -0.00518. The monoisotopic (exact) mass is 667 g/mol. The van der Waals surface area contributed by atoms with Crippen LogP contribution in [0.25, 0.3) is 56.4 Å². The highest BCUT2D eigenvalue weighted by atomic mass is 28.3. The molecule has 248 valence electrons. The van der Waals surface area contributed by atoms with Crippen LogP contribution in [0, 0.1) is 17.8 Å². The fraction of sp³-hybridized carbons (Fsp3) is 0.283. The van der Waals surface area contributed by atoms with Gasteiger partial charge in [-0.05, 0) is 102 Å². The average molecular weight is 668 g/mol. The average Bonchev–Trinajstić information content (AvgIpc) is 3.14. The van der Waals surface area contributed by atoms with E-state index in [0.717, 1.165) is 45.8 Å². The molecule has 50 heavy (non-hydrogen) atoms. The lowest BCUT2D eigenvalue weighted by Gasteiger charge is -2.57. The van der Waals surface area contributed by atoms with Gasteiger partial charge < -0.3 is 0 Å². The first-order valence-corrected chi connectivity index (χ1v) is 22.0. The Kier molecular flexibility index (Phi) is 7.69. The molecule has 0 unspecified atom stereocenters. The van der Waals surface area contributed by atoms with Crippen molar-refractivity contribution < 1.29 is 0 Å². The van der Waals surface area contributed by atoms with E-state index < -0.39 is 8.07 Å². The van der Waals surface area contributed by atoms with Gasteiger partial charge in [0.1, 0.15) is 0 Å². The van der Waals surface area contributed by atoms with E-state index in [0.29, 0.717) is 17.1 Å². The summed E-state index contributed by atoms with van der Waals surface area (Å²) in [6.45, 7) is 7.19. The van der Waals surface area contributed by atoms with Crippen molar-refractivity contribution in [2.75, 3.05) is 0 Å². The molecule has 10 rings (SSSR count). The van der Waals surface area contributed by atoms with Crippen molar-refractivity contribution in [2.24, 2.45) is 17.8 Å². The van der Waals surface area contributed by atoms with Crippen molar-refractivity contribution in [3.63, 3.8) is 0 Å². The standard InChI is InChI=1S/C46H45N3Si/c1-50(2,3)42-21-17-34(18-22-42)37-11-7-12-38(26-37)39-13-8-14-40(27-39)45-48-43(35-9-5-4-6-10-35)47-44(49-45)36-15-19-41(20-16-36)46-28-31-23-32(29-46)25-33(24-31)30-46/h4-22,26-27,31-33H,23-25,28-30H2,1-3H3. The lowest BCUT2D eigenvalue weighted by Crippen LogP contribution is -2.48. The predicted molar refractivity (Wildman–Crippen MR) is 210 cm³/mol. The van der Waals surface area contributed by atoms with Gasteiger partial charge in [-0.1, -0.05) is 140 Å². The van der Waals surface area contributed by atoms with Crippen molar-refractivity contribution >= 4 is 13.3 Å². The molecule has 4 heteroatoms. The van der Waals surface area contributed by atoms with E-state index in [1.807, 2.05) is 18.2 Å². The van der Waals surface area contributed by atoms with Crippen LogP contribution in [0.3, 0.4) is 0 Å². The summed E-state index contributed by atoms with van der Waals surface area (Å²) in [5, 5.41) is 1.48. The highest BCUT2D eigenvalue weighted by Gasteiger charge is 2.51. The summed E-state index contributed by atoms with van der Waals surface area (Å²) in [6, 6.07) is 46.3. The first-order valence-electron chi connectivity index (χ1n) is 18.5. The molecule has 3 nitrogen and oxygen atoms in total. The molecule has 4 bridgehead atoms. The summed E-state index contributed by atoms with van der Waals surface area (Å²) in [5.74, 6) is 4.91. The molecule has 4 saturated carbocycles. The van der Waals surface area contributed by atoms with Crippen LogP contribution < -0.4 is 5.19 Å². The van der Waals surface area contributed by atoms with Gasteiger partial charge in [-0.25, -0.2) is 15.0 Å². The van der Waals surface area contributed by atoms with Crippen molar-refractivity contribution in [1.29, 1.82) is 0 Å². The van der Waals surface area contributed by atoms with Gasteiger partial charge in [-0.2, -0.15) is 0 Å². The smallest absolute Gasteiger partial charge is 0.164 e. The van der Waals surface area contributed by atoms with Gasteiger partial charge in [0, 0.05) is 16.7 Å². The topological polar surface area (TPSA) is 38.7 Å². The zero-order valence-corrected chi connectivity index (χ0v) is 30.4. The molecular weight excluding hydrogens is 623 g/mol. The van der Waals surface area contributed by atoms with Gasteiger partial charge in [0.25, 0.3) is 0 Å². The number of benzene rings is 5. The van der Waals surface area contributed by atoms with E-state index in [1.54, 1.807) is 0 Å². The summed E-state index contributed by atoms with van der Waals surface area (Å²) in [7, 11) is -1.34. The minimum absolute atomic E-state index is 0.377. The summed E-state index contributed by atoms with van der Waals surface area (Å²) in [5.41, 5.74) is 9.72. The van der Waals surface area contributed by atoms with E-state index in [9.17, 15) is 0 Å². The van der Waals surface area contributed by atoms with Crippen LogP contribution in [0.2, 0.25) is 19.6 Å². The van der Waals surface area contributed by atoms with Crippen LogP contribution >= 0.6 is 0 Å².